The van der Waals surface area contributed by atoms with Crippen LogP contribution >= 0.6 is 15.9 Å². The summed E-state index contributed by atoms with van der Waals surface area (Å²) in [6.07, 6.45) is 4.98. The molecule has 0 aliphatic rings. The third-order valence-corrected chi connectivity index (χ3v) is 2.42. The summed E-state index contributed by atoms with van der Waals surface area (Å²) in [6, 6.07) is 5.31. The van der Waals surface area contributed by atoms with Crippen LogP contribution in [-0.4, -0.2) is 5.78 Å². The topological polar surface area (TPSA) is 17.1 Å². The smallest absolute Gasteiger partial charge is 0.235 e. The van der Waals surface area contributed by atoms with Gasteiger partial charge in [-0.3, -0.25) is 4.79 Å². The Labute approximate surface area is 79.9 Å². The highest BCUT2D eigenvalue weighted by Gasteiger charge is 2.02. The average Bonchev–Trinajstić information content (AvgIpc) is 2.08. The second-order valence-corrected chi connectivity index (χ2v) is 3.29. The van der Waals surface area contributed by atoms with Gasteiger partial charge in [0.15, 0.2) is 0 Å². The van der Waals surface area contributed by atoms with Crippen molar-refractivity contribution in [2.45, 2.75) is 6.92 Å². The van der Waals surface area contributed by atoms with Crippen LogP contribution in [0, 0.1) is 19.3 Å². The lowest BCUT2D eigenvalue weighted by Crippen LogP contribution is -1.94. The van der Waals surface area contributed by atoms with Crippen molar-refractivity contribution in [3.05, 3.63) is 33.8 Å². The standard InChI is InChI=1S/C10H7BrO/c1-3-10(12)8-5-4-7(2)9(11)6-8/h1,4-6H,2H3. The molecule has 0 saturated carbocycles. The average molecular weight is 223 g/mol. The number of carbonyl (C=O) groups excluding carboxylic acids is 1. The molecule has 0 atom stereocenters. The van der Waals surface area contributed by atoms with E-state index in [9.17, 15) is 4.79 Å². The number of benzene rings is 1. The third kappa shape index (κ3) is 1.75. The summed E-state index contributed by atoms with van der Waals surface area (Å²) in [6.45, 7) is 1.95. The fourth-order valence-electron chi connectivity index (χ4n) is 0.817. The number of aryl methyl sites for hydroxylation is 1. The van der Waals surface area contributed by atoms with Crippen LogP contribution < -0.4 is 0 Å². The Kier molecular flexibility index (Phi) is 2.67. The van der Waals surface area contributed by atoms with Gasteiger partial charge >= 0.3 is 0 Å². The van der Waals surface area contributed by atoms with E-state index in [1.807, 2.05) is 13.0 Å². The van der Waals surface area contributed by atoms with Crippen molar-refractivity contribution in [1.29, 1.82) is 0 Å². The van der Waals surface area contributed by atoms with E-state index < -0.39 is 0 Å². The fraction of sp³-hybridized carbons (Fsp3) is 0.100. The summed E-state index contributed by atoms with van der Waals surface area (Å²) >= 11 is 3.32. The molecule has 60 valence electrons. The molecule has 0 saturated heterocycles. The van der Waals surface area contributed by atoms with Crippen LogP contribution in [0.2, 0.25) is 0 Å². The first-order valence-electron chi connectivity index (χ1n) is 3.42. The Balaban J connectivity index is 3.15. The van der Waals surface area contributed by atoms with Gasteiger partial charge in [0.1, 0.15) is 0 Å². The first kappa shape index (κ1) is 9.02. The van der Waals surface area contributed by atoms with E-state index >= 15 is 0 Å². The molecule has 0 spiro atoms. The van der Waals surface area contributed by atoms with Gasteiger partial charge in [-0.1, -0.05) is 28.1 Å². The van der Waals surface area contributed by atoms with Crippen LogP contribution in [0.3, 0.4) is 0 Å². The molecule has 0 radical (unpaired) electrons. The van der Waals surface area contributed by atoms with Crippen LogP contribution in [0.5, 0.6) is 0 Å². The summed E-state index contributed by atoms with van der Waals surface area (Å²) < 4.78 is 0.906. The minimum Gasteiger partial charge on any atom is -0.279 e. The molecule has 0 amide bonds. The van der Waals surface area contributed by atoms with Gasteiger partial charge in [0.05, 0.1) is 0 Å². The molecule has 0 N–H and O–H groups in total. The van der Waals surface area contributed by atoms with E-state index in [-0.39, 0.29) is 5.78 Å². The highest BCUT2D eigenvalue weighted by molar-refractivity contribution is 9.10. The minimum atomic E-state index is -0.282. The highest BCUT2D eigenvalue weighted by Crippen LogP contribution is 2.17. The van der Waals surface area contributed by atoms with Crippen LogP contribution in [0.15, 0.2) is 22.7 Å². The number of Topliss-reactive ketones (excluding diaryl/α,β-unsaturated/α-hetero) is 1. The van der Waals surface area contributed by atoms with E-state index in [0.29, 0.717) is 5.56 Å². The van der Waals surface area contributed by atoms with Crippen molar-refractivity contribution in [2.75, 3.05) is 0 Å². The zero-order chi connectivity index (χ0) is 9.14. The van der Waals surface area contributed by atoms with Gasteiger partial charge in [0.2, 0.25) is 5.78 Å². The van der Waals surface area contributed by atoms with Gasteiger partial charge in [-0.15, -0.1) is 6.42 Å². The van der Waals surface area contributed by atoms with E-state index in [1.54, 1.807) is 12.1 Å². The molecule has 0 fully saturated rings. The molecule has 0 unspecified atom stereocenters. The lowest BCUT2D eigenvalue weighted by Gasteiger charge is -1.98. The van der Waals surface area contributed by atoms with Crippen LogP contribution in [0.1, 0.15) is 15.9 Å². The Morgan fingerprint density at radius 2 is 2.25 bits per heavy atom. The molecule has 12 heavy (non-hydrogen) atoms. The van der Waals surface area contributed by atoms with E-state index in [1.165, 1.54) is 0 Å². The van der Waals surface area contributed by atoms with Gasteiger partial charge in [-0.25, -0.2) is 0 Å². The molecular formula is C10H7BrO. The number of hydrogen-bond donors (Lipinski definition) is 0. The number of ketones is 1. The monoisotopic (exact) mass is 222 g/mol. The quantitative estimate of drug-likeness (QED) is 0.406. The SMILES string of the molecule is C#CC(=O)c1ccc(C)c(Br)c1. The second kappa shape index (κ2) is 3.55. The largest absolute Gasteiger partial charge is 0.279 e. The van der Waals surface area contributed by atoms with E-state index in [2.05, 4.69) is 21.9 Å². The van der Waals surface area contributed by atoms with Gasteiger partial charge in [0, 0.05) is 10.0 Å². The predicted octanol–water partition coefficient (Wildman–Crippen LogP) is 2.57. The number of carbonyl (C=O) groups is 1. The zero-order valence-corrected chi connectivity index (χ0v) is 8.18. The molecule has 2 heteroatoms. The zero-order valence-electron chi connectivity index (χ0n) is 6.60. The van der Waals surface area contributed by atoms with Crippen LogP contribution in [0.25, 0.3) is 0 Å². The Hall–Kier alpha value is -1.07. The highest BCUT2D eigenvalue weighted by atomic mass is 79.9. The molecule has 1 aromatic carbocycles. The lowest BCUT2D eigenvalue weighted by molar-refractivity contribution is 0.105. The molecule has 0 aliphatic carbocycles. The third-order valence-electron chi connectivity index (χ3n) is 1.57. The van der Waals surface area contributed by atoms with Crippen LogP contribution in [0.4, 0.5) is 0 Å². The maximum atomic E-state index is 11.0. The van der Waals surface area contributed by atoms with Crippen LogP contribution in [-0.2, 0) is 0 Å². The molecule has 1 aromatic rings. The minimum absolute atomic E-state index is 0.282. The summed E-state index contributed by atoms with van der Waals surface area (Å²) in [5, 5.41) is 0. The van der Waals surface area contributed by atoms with E-state index in [0.717, 1.165) is 10.0 Å². The molecule has 0 aromatic heterocycles. The van der Waals surface area contributed by atoms with Crippen molar-refractivity contribution in [1.82, 2.24) is 0 Å². The molecule has 0 bridgehead atoms. The number of rotatable bonds is 1. The number of hydrogen-bond acceptors (Lipinski definition) is 1. The first-order valence-corrected chi connectivity index (χ1v) is 4.21. The van der Waals surface area contributed by atoms with Gasteiger partial charge in [0.25, 0.3) is 0 Å². The molecule has 0 aliphatic heterocycles. The second-order valence-electron chi connectivity index (χ2n) is 2.44. The van der Waals surface area contributed by atoms with Crippen molar-refractivity contribution < 1.29 is 4.79 Å². The lowest BCUT2D eigenvalue weighted by atomic mass is 10.1. The summed E-state index contributed by atoms with van der Waals surface area (Å²) in [5.41, 5.74) is 1.64. The van der Waals surface area contributed by atoms with Crippen molar-refractivity contribution in [2.24, 2.45) is 0 Å². The molecular weight excluding hydrogens is 216 g/mol. The molecule has 1 nitrogen and oxygen atoms in total. The van der Waals surface area contributed by atoms with Crippen molar-refractivity contribution >= 4 is 21.7 Å². The summed E-state index contributed by atoms with van der Waals surface area (Å²) in [4.78, 5) is 11.0. The summed E-state index contributed by atoms with van der Waals surface area (Å²) in [5.74, 6) is 1.79. The maximum Gasteiger partial charge on any atom is 0.235 e. The van der Waals surface area contributed by atoms with E-state index in [4.69, 9.17) is 6.42 Å². The summed E-state index contributed by atoms with van der Waals surface area (Å²) in [7, 11) is 0. The fourth-order valence-corrected chi connectivity index (χ4v) is 1.20. The van der Waals surface area contributed by atoms with Crippen molar-refractivity contribution in [3.63, 3.8) is 0 Å². The van der Waals surface area contributed by atoms with Gasteiger partial charge in [-0.05, 0) is 24.5 Å². The Bertz CT molecular complexity index is 361. The number of halogens is 1. The maximum absolute atomic E-state index is 11.0. The van der Waals surface area contributed by atoms with Crippen molar-refractivity contribution in [3.8, 4) is 12.3 Å². The predicted molar refractivity (Wildman–Crippen MR) is 52.0 cm³/mol. The number of terminal acetylenes is 1. The molecule has 0 heterocycles. The first-order chi connectivity index (χ1) is 5.65. The molecule has 1 rings (SSSR count). The Morgan fingerprint density at radius 1 is 1.58 bits per heavy atom. The normalized spacial score (nSPS) is 9.08. The Morgan fingerprint density at radius 3 is 2.75 bits per heavy atom. The van der Waals surface area contributed by atoms with Gasteiger partial charge in [-0.2, -0.15) is 0 Å². The van der Waals surface area contributed by atoms with Gasteiger partial charge < -0.3 is 0 Å².